The average molecular weight is 150 g/mol. The molecule has 0 aliphatic carbocycles. The van der Waals surface area contributed by atoms with E-state index >= 15 is 0 Å². The van der Waals surface area contributed by atoms with Crippen molar-refractivity contribution in [2.75, 3.05) is 4.81 Å². The predicted molar refractivity (Wildman–Crippen MR) is 47.0 cm³/mol. The van der Waals surface area contributed by atoms with E-state index < -0.39 is 0 Å². The number of para-hydroxylation sites is 1. The Kier molecular flexibility index (Phi) is 3.34. The van der Waals surface area contributed by atoms with E-state index in [0.717, 1.165) is 0 Å². The molecular formula is C8H8BLiN2. The second kappa shape index (κ2) is 4.30. The average Bonchev–Trinajstić information content (AvgIpc) is 2.58. The van der Waals surface area contributed by atoms with Crippen LogP contribution in [0.4, 0.5) is 5.69 Å². The van der Waals surface area contributed by atoms with E-state index in [9.17, 15) is 0 Å². The van der Waals surface area contributed by atoms with Gasteiger partial charge in [-0.05, 0) is 30.2 Å². The van der Waals surface area contributed by atoms with Crippen LogP contribution in [0.1, 0.15) is 0 Å². The molecule has 1 aromatic rings. The van der Waals surface area contributed by atoms with Crippen molar-refractivity contribution >= 4 is 13.2 Å². The molecule has 1 N–H and O–H groups in total. The summed E-state index contributed by atoms with van der Waals surface area (Å²) in [6.45, 7) is 0. The fourth-order valence-corrected chi connectivity index (χ4v) is 1.05. The first kappa shape index (κ1) is 9.31. The van der Waals surface area contributed by atoms with E-state index in [4.69, 9.17) is 0 Å². The molecule has 0 fully saturated rings. The number of nitrogens with zero attached hydrogens (tertiary/aromatic N) is 1. The minimum absolute atomic E-state index is 0. The van der Waals surface area contributed by atoms with Crippen LogP contribution in [0.2, 0.25) is 0 Å². The first-order valence-electron chi connectivity index (χ1n) is 3.56. The van der Waals surface area contributed by atoms with Crippen molar-refractivity contribution in [2.45, 2.75) is 0 Å². The summed E-state index contributed by atoms with van der Waals surface area (Å²) in [6.07, 6.45) is 3.88. The van der Waals surface area contributed by atoms with E-state index in [1.54, 1.807) is 0 Å². The van der Waals surface area contributed by atoms with Gasteiger partial charge < -0.3 is 10.0 Å². The van der Waals surface area contributed by atoms with Crippen molar-refractivity contribution in [3.8, 4) is 0 Å². The molecule has 0 amide bonds. The van der Waals surface area contributed by atoms with Crippen LogP contribution in [0.3, 0.4) is 0 Å². The minimum atomic E-state index is 0. The molecule has 1 aliphatic rings. The molecule has 1 aromatic carbocycles. The van der Waals surface area contributed by atoms with Crippen molar-refractivity contribution in [1.29, 1.82) is 0 Å². The van der Waals surface area contributed by atoms with Crippen LogP contribution in [0.15, 0.2) is 42.7 Å². The van der Waals surface area contributed by atoms with Gasteiger partial charge in [-0.25, -0.2) is 0 Å². The van der Waals surface area contributed by atoms with Crippen LogP contribution >= 0.6 is 0 Å². The molecule has 0 aromatic heterocycles. The van der Waals surface area contributed by atoms with E-state index in [0.29, 0.717) is 0 Å². The standard InChI is InChI=1S/C8H8BN2.Li/c1-2-4-8(5-3-1)11-7-6-10-9-11;/h1-7,10H;/q-1;+1. The van der Waals surface area contributed by atoms with E-state index in [1.807, 2.05) is 43.0 Å². The van der Waals surface area contributed by atoms with Crippen LogP contribution in [0, 0.1) is 0 Å². The largest absolute Gasteiger partial charge is 1.00 e. The van der Waals surface area contributed by atoms with Gasteiger partial charge in [0.25, 0.3) is 0 Å². The molecule has 0 atom stereocenters. The van der Waals surface area contributed by atoms with Gasteiger partial charge in [0, 0.05) is 0 Å². The SMILES string of the molecule is [B-]1NC=CN1c1ccccc1.[Li+]. The summed E-state index contributed by atoms with van der Waals surface area (Å²) < 4.78 is 0. The van der Waals surface area contributed by atoms with Crippen molar-refractivity contribution in [2.24, 2.45) is 0 Å². The van der Waals surface area contributed by atoms with Gasteiger partial charge >= 0.3 is 18.9 Å². The number of hydrogen-bond donors (Lipinski definition) is 1. The number of benzene rings is 1. The Morgan fingerprint density at radius 1 is 1.17 bits per heavy atom. The van der Waals surface area contributed by atoms with Gasteiger partial charge in [-0.15, -0.1) is 0 Å². The van der Waals surface area contributed by atoms with Gasteiger partial charge in [0.2, 0.25) is 0 Å². The summed E-state index contributed by atoms with van der Waals surface area (Å²) >= 11 is 0. The number of nitrogens with one attached hydrogen (secondary N) is 1. The number of anilines is 1. The molecule has 2 nitrogen and oxygen atoms in total. The normalized spacial score (nSPS) is 13.8. The van der Waals surface area contributed by atoms with Crippen LogP contribution in [0.5, 0.6) is 0 Å². The van der Waals surface area contributed by atoms with E-state index in [2.05, 4.69) is 17.4 Å². The zero-order valence-corrected chi connectivity index (χ0v) is 7.07. The number of hydrogen-bond acceptors (Lipinski definition) is 2. The topological polar surface area (TPSA) is 15.3 Å². The summed E-state index contributed by atoms with van der Waals surface area (Å²) in [4.78, 5) is 2.03. The van der Waals surface area contributed by atoms with Gasteiger partial charge in [-0.3, -0.25) is 0 Å². The van der Waals surface area contributed by atoms with Crippen molar-refractivity contribution in [3.05, 3.63) is 42.7 Å². The Hall–Kier alpha value is -0.778. The first-order valence-corrected chi connectivity index (χ1v) is 3.56. The molecule has 0 unspecified atom stereocenters. The van der Waals surface area contributed by atoms with Crippen molar-refractivity contribution < 1.29 is 18.9 Å². The number of rotatable bonds is 1. The second-order valence-corrected chi connectivity index (χ2v) is 2.35. The van der Waals surface area contributed by atoms with Gasteiger partial charge in [-0.2, -0.15) is 0 Å². The van der Waals surface area contributed by atoms with E-state index in [1.165, 1.54) is 5.69 Å². The zero-order chi connectivity index (χ0) is 7.52. The summed E-state index contributed by atoms with van der Waals surface area (Å²) in [6, 6.07) is 10.2. The molecule has 0 bridgehead atoms. The molecular weight excluding hydrogens is 142 g/mol. The Morgan fingerprint density at radius 2 is 1.92 bits per heavy atom. The predicted octanol–water partition coefficient (Wildman–Crippen LogP) is -1.89. The molecule has 0 spiro atoms. The Bertz CT molecular complexity index is 263. The van der Waals surface area contributed by atoms with Crippen LogP contribution < -0.4 is 28.9 Å². The molecule has 2 rings (SSSR count). The molecule has 2 radical (unpaired) electrons. The van der Waals surface area contributed by atoms with Crippen molar-refractivity contribution in [3.63, 3.8) is 0 Å². The maximum Gasteiger partial charge on any atom is 1.00 e. The third kappa shape index (κ3) is 1.88. The molecule has 1 heterocycles. The smallest absolute Gasteiger partial charge is 0.602 e. The molecule has 0 saturated carbocycles. The molecule has 0 saturated heterocycles. The summed E-state index contributed by atoms with van der Waals surface area (Å²) in [7, 11) is 1.91. The van der Waals surface area contributed by atoms with Crippen LogP contribution in [-0.4, -0.2) is 7.55 Å². The van der Waals surface area contributed by atoms with Crippen LogP contribution in [-0.2, 0) is 0 Å². The molecule has 12 heavy (non-hydrogen) atoms. The van der Waals surface area contributed by atoms with Crippen molar-refractivity contribution in [1.82, 2.24) is 5.23 Å². The Morgan fingerprint density at radius 3 is 2.50 bits per heavy atom. The Labute approximate surface area is 85.1 Å². The maximum atomic E-state index is 2.99. The second-order valence-electron chi connectivity index (χ2n) is 2.35. The van der Waals surface area contributed by atoms with Gasteiger partial charge in [0.15, 0.2) is 0 Å². The fourth-order valence-electron chi connectivity index (χ4n) is 1.05. The van der Waals surface area contributed by atoms with Gasteiger partial charge in [0.05, 0.1) is 0 Å². The monoisotopic (exact) mass is 150 g/mol. The minimum Gasteiger partial charge on any atom is -0.602 e. The maximum absolute atomic E-state index is 2.99. The third-order valence-corrected chi connectivity index (χ3v) is 1.60. The third-order valence-electron chi connectivity index (χ3n) is 1.60. The quantitative estimate of drug-likeness (QED) is 0.470. The first-order chi connectivity index (χ1) is 5.47. The summed E-state index contributed by atoms with van der Waals surface area (Å²) in [5.74, 6) is 0. The zero-order valence-electron chi connectivity index (χ0n) is 7.07. The fraction of sp³-hybridized carbons (Fsp3) is 0. The van der Waals surface area contributed by atoms with Gasteiger partial charge in [-0.1, -0.05) is 25.7 Å². The molecule has 54 valence electrons. The summed E-state index contributed by atoms with van der Waals surface area (Å²) in [5, 5.41) is 2.99. The van der Waals surface area contributed by atoms with Gasteiger partial charge in [0.1, 0.15) is 0 Å². The van der Waals surface area contributed by atoms with Crippen LogP contribution in [0.25, 0.3) is 0 Å². The molecule has 1 aliphatic heterocycles. The molecule has 4 heteroatoms. The van der Waals surface area contributed by atoms with E-state index in [-0.39, 0.29) is 18.9 Å². The Balaban J connectivity index is 0.000000720. The summed E-state index contributed by atoms with van der Waals surface area (Å²) in [5.41, 5.74) is 1.17.